The number of ether oxygens (including phenoxy) is 1. The van der Waals surface area contributed by atoms with Gasteiger partial charge in [0.1, 0.15) is 5.83 Å². The van der Waals surface area contributed by atoms with Crippen LogP contribution < -0.4 is 0 Å². The van der Waals surface area contributed by atoms with Crippen LogP contribution in [0.3, 0.4) is 0 Å². The number of methoxy groups -OCH3 is 1. The Bertz CT molecular complexity index is 575. The lowest BCUT2D eigenvalue weighted by Gasteiger charge is -2.31. The van der Waals surface area contributed by atoms with Crippen molar-refractivity contribution in [3.63, 3.8) is 0 Å². The molecule has 0 heterocycles. The molecule has 2 unspecified atom stereocenters. The number of unbranched alkanes of at least 4 members (excludes halogenated alkanes) is 2. The van der Waals surface area contributed by atoms with E-state index in [0.717, 1.165) is 30.3 Å². The highest BCUT2D eigenvalue weighted by Gasteiger charge is 2.26. The van der Waals surface area contributed by atoms with E-state index in [-0.39, 0.29) is 17.8 Å². The van der Waals surface area contributed by atoms with E-state index in [0.29, 0.717) is 0 Å². The standard InChI is InChI=1S/C24H35FO/c1-3-4-5-6-18-7-9-19(10-8-18)20-11-13-21(14-12-20)23-16-15-22(26-2)17-24(23)25/h11-13,16-19,21-22H,3-10,14-15H2,1-2H3. The molecule has 0 aromatic rings. The maximum atomic E-state index is 14.4. The largest absolute Gasteiger partial charge is 0.377 e. The molecule has 3 aliphatic rings. The molecule has 1 fully saturated rings. The Morgan fingerprint density at radius 1 is 1.08 bits per heavy atom. The summed E-state index contributed by atoms with van der Waals surface area (Å²) in [6.45, 7) is 2.28. The molecule has 0 aliphatic heterocycles. The average molecular weight is 359 g/mol. The number of halogens is 1. The molecule has 0 spiro atoms. The SMILES string of the molecule is CCCCCC1CCC(C2=CCC(C3=CCC(OC)C=C3F)C=C2)CC1. The van der Waals surface area contributed by atoms with Crippen molar-refractivity contribution in [3.8, 4) is 0 Å². The molecule has 3 aliphatic carbocycles. The van der Waals surface area contributed by atoms with E-state index in [1.54, 1.807) is 13.2 Å². The van der Waals surface area contributed by atoms with Gasteiger partial charge in [-0.05, 0) is 67.6 Å². The summed E-state index contributed by atoms with van der Waals surface area (Å²) in [7, 11) is 1.64. The normalized spacial score (nSPS) is 32.0. The molecule has 2 heteroatoms. The summed E-state index contributed by atoms with van der Waals surface area (Å²) in [4.78, 5) is 0. The van der Waals surface area contributed by atoms with Crippen molar-refractivity contribution in [2.24, 2.45) is 17.8 Å². The van der Waals surface area contributed by atoms with Gasteiger partial charge in [0.25, 0.3) is 0 Å². The number of rotatable bonds is 7. The molecule has 2 atom stereocenters. The second-order valence-corrected chi connectivity index (χ2v) is 8.30. The minimum atomic E-state index is -0.107. The third-order valence-electron chi connectivity index (χ3n) is 6.54. The van der Waals surface area contributed by atoms with E-state index >= 15 is 0 Å². The Labute approximate surface area is 159 Å². The highest BCUT2D eigenvalue weighted by atomic mass is 19.1. The Morgan fingerprint density at radius 2 is 1.88 bits per heavy atom. The molecule has 0 amide bonds. The summed E-state index contributed by atoms with van der Waals surface area (Å²) in [5.41, 5.74) is 2.35. The lowest BCUT2D eigenvalue weighted by atomic mass is 9.74. The molecular weight excluding hydrogens is 323 g/mol. The van der Waals surface area contributed by atoms with E-state index in [1.807, 2.05) is 6.08 Å². The maximum Gasteiger partial charge on any atom is 0.125 e. The average Bonchev–Trinajstić information content (AvgIpc) is 2.69. The first-order valence-electron chi connectivity index (χ1n) is 10.7. The molecule has 0 aromatic carbocycles. The molecule has 26 heavy (non-hydrogen) atoms. The van der Waals surface area contributed by atoms with Crippen LogP contribution in [0.5, 0.6) is 0 Å². The zero-order chi connectivity index (χ0) is 18.4. The maximum absolute atomic E-state index is 14.4. The van der Waals surface area contributed by atoms with Gasteiger partial charge in [-0.3, -0.25) is 0 Å². The van der Waals surface area contributed by atoms with E-state index < -0.39 is 0 Å². The molecule has 1 saturated carbocycles. The topological polar surface area (TPSA) is 9.23 Å². The molecular formula is C24H35FO. The Kier molecular flexibility index (Phi) is 7.31. The third-order valence-corrected chi connectivity index (χ3v) is 6.54. The van der Waals surface area contributed by atoms with Crippen LogP contribution in [-0.4, -0.2) is 13.2 Å². The Balaban J connectivity index is 1.48. The van der Waals surface area contributed by atoms with Gasteiger partial charge in [-0.15, -0.1) is 0 Å². The van der Waals surface area contributed by atoms with Crippen molar-refractivity contribution in [2.75, 3.05) is 7.11 Å². The molecule has 144 valence electrons. The van der Waals surface area contributed by atoms with Crippen LogP contribution >= 0.6 is 0 Å². The molecule has 0 saturated heterocycles. The van der Waals surface area contributed by atoms with Crippen molar-refractivity contribution in [1.29, 1.82) is 0 Å². The van der Waals surface area contributed by atoms with Gasteiger partial charge in [-0.2, -0.15) is 0 Å². The highest BCUT2D eigenvalue weighted by molar-refractivity contribution is 5.39. The van der Waals surface area contributed by atoms with Crippen LogP contribution in [0.1, 0.15) is 71.1 Å². The Hall–Kier alpha value is -1.15. The van der Waals surface area contributed by atoms with Gasteiger partial charge in [-0.25, -0.2) is 4.39 Å². The van der Waals surface area contributed by atoms with Crippen LogP contribution in [0.25, 0.3) is 0 Å². The van der Waals surface area contributed by atoms with E-state index in [4.69, 9.17) is 4.74 Å². The summed E-state index contributed by atoms with van der Waals surface area (Å²) in [5, 5.41) is 0. The summed E-state index contributed by atoms with van der Waals surface area (Å²) >= 11 is 0. The van der Waals surface area contributed by atoms with Crippen LogP contribution in [0.15, 0.2) is 47.4 Å². The first kappa shape index (κ1) is 19.6. The van der Waals surface area contributed by atoms with Gasteiger partial charge in [0.15, 0.2) is 0 Å². The fourth-order valence-corrected chi connectivity index (χ4v) is 4.80. The van der Waals surface area contributed by atoms with Gasteiger partial charge < -0.3 is 4.74 Å². The van der Waals surface area contributed by atoms with Gasteiger partial charge in [0.2, 0.25) is 0 Å². The predicted octanol–water partition coefficient (Wildman–Crippen LogP) is 7.07. The number of hydrogen-bond donors (Lipinski definition) is 0. The predicted molar refractivity (Wildman–Crippen MR) is 108 cm³/mol. The quantitative estimate of drug-likeness (QED) is 0.442. The van der Waals surface area contributed by atoms with Crippen molar-refractivity contribution >= 4 is 0 Å². The van der Waals surface area contributed by atoms with Gasteiger partial charge in [-0.1, -0.05) is 56.9 Å². The smallest absolute Gasteiger partial charge is 0.125 e. The minimum absolute atomic E-state index is 0.0952. The molecule has 3 rings (SSSR count). The summed E-state index contributed by atoms with van der Waals surface area (Å²) in [6.07, 6.45) is 23.2. The second-order valence-electron chi connectivity index (χ2n) is 8.30. The van der Waals surface area contributed by atoms with Crippen molar-refractivity contribution in [3.05, 3.63) is 47.4 Å². The highest BCUT2D eigenvalue weighted by Crippen LogP contribution is 2.39. The van der Waals surface area contributed by atoms with E-state index in [9.17, 15) is 4.39 Å². The lowest BCUT2D eigenvalue weighted by molar-refractivity contribution is 0.139. The van der Waals surface area contributed by atoms with Crippen molar-refractivity contribution in [2.45, 2.75) is 77.2 Å². The molecule has 1 nitrogen and oxygen atoms in total. The Morgan fingerprint density at radius 3 is 2.50 bits per heavy atom. The monoisotopic (exact) mass is 358 g/mol. The lowest BCUT2D eigenvalue weighted by Crippen LogP contribution is -2.18. The fourth-order valence-electron chi connectivity index (χ4n) is 4.80. The number of allylic oxidation sites excluding steroid dienone is 6. The van der Waals surface area contributed by atoms with Crippen LogP contribution in [0.2, 0.25) is 0 Å². The molecule has 0 radical (unpaired) electrons. The van der Waals surface area contributed by atoms with Gasteiger partial charge in [0, 0.05) is 13.0 Å². The third kappa shape index (κ3) is 4.97. The van der Waals surface area contributed by atoms with Gasteiger partial charge in [0.05, 0.1) is 6.10 Å². The molecule has 0 aromatic heterocycles. The molecule has 0 bridgehead atoms. The summed E-state index contributed by atoms with van der Waals surface area (Å²) in [6, 6.07) is 0. The second kappa shape index (κ2) is 9.69. The molecule has 0 N–H and O–H groups in total. The van der Waals surface area contributed by atoms with E-state index in [2.05, 4.69) is 25.2 Å². The van der Waals surface area contributed by atoms with Crippen LogP contribution in [-0.2, 0) is 4.74 Å². The van der Waals surface area contributed by atoms with Gasteiger partial charge >= 0.3 is 0 Å². The first-order valence-corrected chi connectivity index (χ1v) is 10.7. The first-order chi connectivity index (χ1) is 12.7. The zero-order valence-corrected chi connectivity index (χ0v) is 16.6. The minimum Gasteiger partial charge on any atom is -0.377 e. The van der Waals surface area contributed by atoms with Crippen molar-refractivity contribution in [1.82, 2.24) is 0 Å². The summed E-state index contributed by atoms with van der Waals surface area (Å²) < 4.78 is 19.6. The fraction of sp³-hybridized carbons (Fsp3) is 0.667. The van der Waals surface area contributed by atoms with E-state index in [1.165, 1.54) is 56.9 Å². The van der Waals surface area contributed by atoms with Crippen molar-refractivity contribution < 1.29 is 9.13 Å². The zero-order valence-electron chi connectivity index (χ0n) is 16.6. The van der Waals surface area contributed by atoms with Crippen LogP contribution in [0.4, 0.5) is 4.39 Å². The number of hydrogen-bond acceptors (Lipinski definition) is 1. The summed E-state index contributed by atoms with van der Waals surface area (Å²) in [5.74, 6) is 1.78. The van der Waals surface area contributed by atoms with Crippen LogP contribution in [0, 0.1) is 17.8 Å².